The van der Waals surface area contributed by atoms with E-state index in [1.165, 1.54) is 18.2 Å². The number of phenols is 1. The first-order valence-corrected chi connectivity index (χ1v) is 7.90. The summed E-state index contributed by atoms with van der Waals surface area (Å²) in [6.45, 7) is 1.92. The lowest BCUT2D eigenvalue weighted by Gasteiger charge is -2.01. The van der Waals surface area contributed by atoms with Crippen LogP contribution in [0.4, 0.5) is 5.69 Å². The van der Waals surface area contributed by atoms with Gasteiger partial charge in [0.25, 0.3) is 5.91 Å². The highest BCUT2D eigenvalue weighted by molar-refractivity contribution is 9.10. The van der Waals surface area contributed by atoms with Crippen molar-refractivity contribution < 1.29 is 15.0 Å². The maximum atomic E-state index is 12.1. The highest BCUT2D eigenvalue weighted by Crippen LogP contribution is 2.40. The van der Waals surface area contributed by atoms with Crippen LogP contribution in [-0.4, -0.2) is 20.7 Å². The number of rotatable bonds is 2. The number of benzene rings is 2. The van der Waals surface area contributed by atoms with Gasteiger partial charge in [-0.1, -0.05) is 22.0 Å². The number of amides is 1. The zero-order valence-corrected chi connectivity index (χ0v) is 14.6. The minimum atomic E-state index is -0.603. The van der Waals surface area contributed by atoms with Gasteiger partial charge in [-0.15, -0.1) is 10.2 Å². The molecule has 3 aromatic rings. The quantitative estimate of drug-likeness (QED) is 0.630. The summed E-state index contributed by atoms with van der Waals surface area (Å²) in [5, 5.41) is 28.0. The molecule has 0 bridgehead atoms. The Bertz CT molecular complexity index is 992. The van der Waals surface area contributed by atoms with E-state index in [0.29, 0.717) is 5.39 Å². The van der Waals surface area contributed by atoms with Crippen molar-refractivity contribution >= 4 is 38.4 Å². The zero-order chi connectivity index (χ0) is 17.4. The van der Waals surface area contributed by atoms with Crippen molar-refractivity contribution in [2.45, 2.75) is 6.92 Å². The lowest BCUT2D eigenvalue weighted by atomic mass is 10.1. The van der Waals surface area contributed by atoms with Crippen LogP contribution in [0.25, 0.3) is 10.9 Å². The predicted molar refractivity (Wildman–Crippen MR) is 94.0 cm³/mol. The molecule has 0 spiro atoms. The molecule has 0 aliphatic heterocycles. The molecule has 24 heavy (non-hydrogen) atoms. The Morgan fingerprint density at radius 3 is 2.67 bits per heavy atom. The average Bonchev–Trinajstić information content (AvgIpc) is 2.76. The zero-order valence-electron chi connectivity index (χ0n) is 13.0. The van der Waals surface area contributed by atoms with Crippen LogP contribution in [-0.2, 0) is 7.05 Å². The van der Waals surface area contributed by atoms with Gasteiger partial charge in [0.15, 0.2) is 5.69 Å². The van der Waals surface area contributed by atoms with Crippen LogP contribution in [0.5, 0.6) is 11.6 Å². The molecule has 0 saturated carbocycles. The van der Waals surface area contributed by atoms with Gasteiger partial charge in [-0.25, -0.2) is 0 Å². The first kappa shape index (κ1) is 16.2. The third-order valence-electron chi connectivity index (χ3n) is 3.72. The van der Waals surface area contributed by atoms with Crippen molar-refractivity contribution in [2.24, 2.45) is 17.3 Å². The van der Waals surface area contributed by atoms with E-state index in [4.69, 9.17) is 0 Å². The highest BCUT2D eigenvalue weighted by atomic mass is 79.9. The maximum absolute atomic E-state index is 12.1. The van der Waals surface area contributed by atoms with E-state index >= 15 is 0 Å². The summed E-state index contributed by atoms with van der Waals surface area (Å²) in [7, 11) is 1.72. The van der Waals surface area contributed by atoms with Gasteiger partial charge in [0.2, 0.25) is 5.88 Å². The molecule has 0 radical (unpaired) electrons. The number of hydrogen-bond donors (Lipinski definition) is 2. The van der Waals surface area contributed by atoms with Crippen LogP contribution in [0.1, 0.15) is 15.9 Å². The standard InChI is InChI=1S/C17H14BrN3O3/c1-9-6-11(18)8-13-14(17(24)21(2)15(9)13)19-20-16(23)10-4-3-5-12(22)7-10/h3-8,22,24H,1-2H3. The molecular weight excluding hydrogens is 374 g/mol. The van der Waals surface area contributed by atoms with Crippen LogP contribution in [0, 0.1) is 6.92 Å². The van der Waals surface area contributed by atoms with E-state index in [9.17, 15) is 15.0 Å². The number of carbonyl (C=O) groups is 1. The molecule has 1 heterocycles. The normalized spacial score (nSPS) is 11.5. The number of phenolic OH excluding ortho intramolecular Hbond substituents is 1. The predicted octanol–water partition coefficient (Wildman–Crippen LogP) is 4.58. The summed E-state index contributed by atoms with van der Waals surface area (Å²) in [6.07, 6.45) is 0. The van der Waals surface area contributed by atoms with Gasteiger partial charge < -0.3 is 14.8 Å². The number of azo groups is 1. The van der Waals surface area contributed by atoms with Gasteiger partial charge in [0.1, 0.15) is 5.75 Å². The molecule has 7 heteroatoms. The number of hydrogen-bond acceptors (Lipinski definition) is 4. The third kappa shape index (κ3) is 2.78. The lowest BCUT2D eigenvalue weighted by molar-refractivity contribution is 0.0994. The molecule has 1 aromatic heterocycles. The van der Waals surface area contributed by atoms with Crippen molar-refractivity contribution in [1.29, 1.82) is 0 Å². The van der Waals surface area contributed by atoms with E-state index in [1.807, 2.05) is 19.1 Å². The minimum Gasteiger partial charge on any atom is -0.508 e. The number of nitrogens with zero attached hydrogens (tertiary/aromatic N) is 3. The first-order chi connectivity index (χ1) is 11.4. The van der Waals surface area contributed by atoms with Gasteiger partial charge in [-0.3, -0.25) is 4.79 Å². The summed E-state index contributed by atoms with van der Waals surface area (Å²) in [5.74, 6) is -0.698. The summed E-state index contributed by atoms with van der Waals surface area (Å²) in [4.78, 5) is 12.1. The SMILES string of the molecule is Cc1cc(Br)cc2c(N=NC(=O)c3cccc(O)c3)c(O)n(C)c12. The molecule has 3 rings (SSSR count). The highest BCUT2D eigenvalue weighted by Gasteiger charge is 2.17. The largest absolute Gasteiger partial charge is 0.508 e. The van der Waals surface area contributed by atoms with Crippen molar-refractivity contribution in [2.75, 3.05) is 0 Å². The molecule has 0 aliphatic carbocycles. The molecule has 0 aliphatic rings. The van der Waals surface area contributed by atoms with Gasteiger partial charge in [-0.05, 0) is 42.8 Å². The van der Waals surface area contributed by atoms with Gasteiger partial charge in [0.05, 0.1) is 5.52 Å². The Morgan fingerprint density at radius 2 is 1.96 bits per heavy atom. The monoisotopic (exact) mass is 387 g/mol. The molecule has 1 amide bonds. The topological polar surface area (TPSA) is 87.2 Å². The van der Waals surface area contributed by atoms with Crippen molar-refractivity contribution in [1.82, 2.24) is 4.57 Å². The molecule has 0 saturated heterocycles. The number of aryl methyl sites for hydroxylation is 2. The Kier molecular flexibility index (Phi) is 4.11. The van der Waals surface area contributed by atoms with Crippen LogP contribution in [0.2, 0.25) is 0 Å². The Labute approximate surface area is 146 Å². The summed E-state index contributed by atoms with van der Waals surface area (Å²) >= 11 is 3.42. The summed E-state index contributed by atoms with van der Waals surface area (Å²) in [6, 6.07) is 9.60. The first-order valence-electron chi connectivity index (χ1n) is 7.11. The van der Waals surface area contributed by atoms with Crippen molar-refractivity contribution in [3.8, 4) is 11.6 Å². The smallest absolute Gasteiger partial charge is 0.295 e. The minimum absolute atomic E-state index is 0.0244. The van der Waals surface area contributed by atoms with Gasteiger partial charge in [0, 0.05) is 22.5 Å². The fraction of sp³-hybridized carbons (Fsp3) is 0.118. The molecule has 0 atom stereocenters. The fourth-order valence-electron chi connectivity index (χ4n) is 2.64. The molecule has 0 unspecified atom stereocenters. The van der Waals surface area contributed by atoms with Crippen LogP contribution < -0.4 is 0 Å². The van der Waals surface area contributed by atoms with Gasteiger partial charge in [-0.2, -0.15) is 0 Å². The molecule has 2 aromatic carbocycles. The van der Waals surface area contributed by atoms with E-state index in [-0.39, 0.29) is 22.9 Å². The summed E-state index contributed by atoms with van der Waals surface area (Å²) < 4.78 is 2.44. The van der Waals surface area contributed by atoms with E-state index in [1.54, 1.807) is 17.7 Å². The second-order valence-electron chi connectivity index (χ2n) is 5.41. The van der Waals surface area contributed by atoms with Gasteiger partial charge >= 0.3 is 0 Å². The van der Waals surface area contributed by atoms with Crippen LogP contribution in [0.15, 0.2) is 51.1 Å². The van der Waals surface area contributed by atoms with E-state index < -0.39 is 5.91 Å². The Morgan fingerprint density at radius 1 is 1.21 bits per heavy atom. The second-order valence-corrected chi connectivity index (χ2v) is 6.32. The number of halogens is 1. The average molecular weight is 388 g/mol. The Balaban J connectivity index is 2.07. The molecule has 6 nitrogen and oxygen atoms in total. The fourth-order valence-corrected chi connectivity index (χ4v) is 3.21. The van der Waals surface area contributed by atoms with Crippen LogP contribution >= 0.6 is 15.9 Å². The van der Waals surface area contributed by atoms with Crippen molar-refractivity contribution in [3.63, 3.8) is 0 Å². The van der Waals surface area contributed by atoms with Crippen LogP contribution in [0.3, 0.4) is 0 Å². The third-order valence-corrected chi connectivity index (χ3v) is 4.18. The molecule has 2 N–H and O–H groups in total. The van der Waals surface area contributed by atoms with E-state index in [2.05, 4.69) is 26.2 Å². The molecule has 0 fully saturated rings. The number of carbonyl (C=O) groups excluding carboxylic acids is 1. The number of fused-ring (bicyclic) bond motifs is 1. The lowest BCUT2D eigenvalue weighted by Crippen LogP contribution is -1.92. The number of aromatic nitrogens is 1. The molecular formula is C17H14BrN3O3. The second kappa shape index (κ2) is 6.09. The van der Waals surface area contributed by atoms with Crippen molar-refractivity contribution in [3.05, 3.63) is 52.0 Å². The molecule has 122 valence electrons. The Hall–Kier alpha value is -2.67. The van der Waals surface area contributed by atoms with E-state index in [0.717, 1.165) is 15.6 Å². The number of aromatic hydroxyl groups is 2. The summed E-state index contributed by atoms with van der Waals surface area (Å²) in [5.41, 5.74) is 2.22. The maximum Gasteiger partial charge on any atom is 0.295 e.